The molecule has 1 aliphatic heterocycles. The van der Waals surface area contributed by atoms with Crippen molar-refractivity contribution < 1.29 is 9.53 Å². The average Bonchev–Trinajstić information content (AvgIpc) is 2.68. The number of nitrogens with zero attached hydrogens (tertiary/aromatic N) is 4. The lowest BCUT2D eigenvalue weighted by molar-refractivity contribution is -0.139. The average molecular weight is 340 g/mol. The Labute approximate surface area is 148 Å². The number of carbonyl (C=O) groups is 1. The van der Waals surface area contributed by atoms with Crippen LogP contribution in [-0.2, 0) is 16.1 Å². The van der Waals surface area contributed by atoms with Crippen molar-refractivity contribution in [1.82, 2.24) is 19.8 Å². The Bertz CT molecular complexity index is 666. The maximum absolute atomic E-state index is 12.6. The minimum Gasteiger partial charge on any atom is -0.370 e. The van der Waals surface area contributed by atoms with E-state index in [4.69, 9.17) is 4.74 Å². The summed E-state index contributed by atoms with van der Waals surface area (Å²) in [6.45, 7) is 3.36. The second kappa shape index (κ2) is 8.69. The monoisotopic (exact) mass is 340 g/mol. The van der Waals surface area contributed by atoms with Gasteiger partial charge in [-0.1, -0.05) is 6.07 Å². The SMILES string of the molecule is CN(CCC(=O)N1CCO[C@@H](c2ccncc2)C1)Cc1cccnc1. The Hall–Kier alpha value is -2.31. The van der Waals surface area contributed by atoms with E-state index in [-0.39, 0.29) is 12.0 Å². The Morgan fingerprint density at radius 1 is 1.28 bits per heavy atom. The fourth-order valence-electron chi connectivity index (χ4n) is 2.98. The highest BCUT2D eigenvalue weighted by atomic mass is 16.5. The van der Waals surface area contributed by atoms with Crippen LogP contribution in [0.25, 0.3) is 0 Å². The van der Waals surface area contributed by atoms with Crippen LogP contribution in [0, 0.1) is 0 Å². The lowest BCUT2D eigenvalue weighted by atomic mass is 10.1. The second-order valence-electron chi connectivity index (χ2n) is 6.33. The Kier molecular flexibility index (Phi) is 6.09. The van der Waals surface area contributed by atoms with Crippen molar-refractivity contribution in [2.24, 2.45) is 0 Å². The third-order valence-corrected chi connectivity index (χ3v) is 4.38. The summed E-state index contributed by atoms with van der Waals surface area (Å²) in [5.41, 5.74) is 2.22. The van der Waals surface area contributed by atoms with Crippen LogP contribution in [0.3, 0.4) is 0 Å². The first-order valence-electron chi connectivity index (χ1n) is 8.59. The summed E-state index contributed by atoms with van der Waals surface area (Å²) in [5.74, 6) is 0.181. The van der Waals surface area contributed by atoms with E-state index >= 15 is 0 Å². The van der Waals surface area contributed by atoms with Gasteiger partial charge in [0, 0.05) is 50.8 Å². The van der Waals surface area contributed by atoms with Crippen molar-refractivity contribution in [1.29, 1.82) is 0 Å². The van der Waals surface area contributed by atoms with E-state index in [1.807, 2.05) is 42.4 Å². The van der Waals surface area contributed by atoms with Crippen molar-refractivity contribution in [3.63, 3.8) is 0 Å². The molecule has 25 heavy (non-hydrogen) atoms. The quantitative estimate of drug-likeness (QED) is 0.804. The van der Waals surface area contributed by atoms with Crippen LogP contribution in [0.4, 0.5) is 0 Å². The summed E-state index contributed by atoms with van der Waals surface area (Å²) in [7, 11) is 2.03. The molecule has 0 aromatic carbocycles. The molecule has 1 saturated heterocycles. The molecule has 1 fully saturated rings. The molecule has 0 saturated carbocycles. The van der Waals surface area contributed by atoms with Crippen molar-refractivity contribution in [2.75, 3.05) is 33.3 Å². The summed E-state index contributed by atoms with van der Waals surface area (Å²) in [6, 6.07) is 7.87. The molecule has 0 spiro atoms. The van der Waals surface area contributed by atoms with Gasteiger partial charge in [0.1, 0.15) is 6.10 Å². The molecule has 3 heterocycles. The number of hydrogen-bond donors (Lipinski definition) is 0. The molecule has 0 radical (unpaired) electrons. The van der Waals surface area contributed by atoms with Gasteiger partial charge in [-0.3, -0.25) is 14.8 Å². The summed E-state index contributed by atoms with van der Waals surface area (Å²) in [4.78, 5) is 24.8. The number of rotatable bonds is 6. The minimum atomic E-state index is -0.0613. The molecule has 1 atom stereocenters. The number of morpholine rings is 1. The molecule has 6 nitrogen and oxygen atoms in total. The van der Waals surface area contributed by atoms with Crippen molar-refractivity contribution in [2.45, 2.75) is 19.1 Å². The van der Waals surface area contributed by atoms with Gasteiger partial charge in [-0.15, -0.1) is 0 Å². The molecular weight excluding hydrogens is 316 g/mol. The third-order valence-electron chi connectivity index (χ3n) is 4.38. The van der Waals surface area contributed by atoms with E-state index in [1.54, 1.807) is 18.6 Å². The van der Waals surface area contributed by atoms with Gasteiger partial charge >= 0.3 is 0 Å². The molecule has 1 aliphatic rings. The maximum atomic E-state index is 12.6. The minimum absolute atomic E-state index is 0.0613. The molecule has 6 heteroatoms. The van der Waals surface area contributed by atoms with Gasteiger partial charge in [0.2, 0.25) is 5.91 Å². The topological polar surface area (TPSA) is 58.6 Å². The van der Waals surface area contributed by atoms with Crippen LogP contribution < -0.4 is 0 Å². The molecule has 2 aromatic rings. The zero-order valence-electron chi connectivity index (χ0n) is 14.5. The van der Waals surface area contributed by atoms with Gasteiger partial charge in [0.15, 0.2) is 0 Å². The number of ether oxygens (including phenoxy) is 1. The number of hydrogen-bond acceptors (Lipinski definition) is 5. The van der Waals surface area contributed by atoms with E-state index in [2.05, 4.69) is 14.9 Å². The van der Waals surface area contributed by atoms with E-state index < -0.39 is 0 Å². The molecule has 0 unspecified atom stereocenters. The van der Waals surface area contributed by atoms with E-state index in [0.717, 1.165) is 24.2 Å². The van der Waals surface area contributed by atoms with Crippen molar-refractivity contribution in [3.8, 4) is 0 Å². The van der Waals surface area contributed by atoms with Crippen molar-refractivity contribution in [3.05, 3.63) is 60.2 Å². The van der Waals surface area contributed by atoms with Crippen LogP contribution in [0.1, 0.15) is 23.7 Å². The van der Waals surface area contributed by atoms with Crippen molar-refractivity contribution >= 4 is 5.91 Å². The number of carbonyl (C=O) groups excluding carboxylic acids is 1. The molecule has 3 rings (SSSR count). The van der Waals surface area contributed by atoms with Gasteiger partial charge in [-0.05, 0) is 36.4 Å². The van der Waals surface area contributed by atoms with Gasteiger partial charge in [-0.2, -0.15) is 0 Å². The first kappa shape index (κ1) is 17.5. The van der Waals surface area contributed by atoms with Gasteiger partial charge in [0.25, 0.3) is 0 Å². The van der Waals surface area contributed by atoms with Crippen LogP contribution in [0.5, 0.6) is 0 Å². The van der Waals surface area contributed by atoms with Crippen LogP contribution in [0.15, 0.2) is 49.1 Å². The van der Waals surface area contributed by atoms with E-state index in [1.165, 1.54) is 0 Å². The highest BCUT2D eigenvalue weighted by Gasteiger charge is 2.25. The maximum Gasteiger partial charge on any atom is 0.224 e. The molecule has 0 aliphatic carbocycles. The number of pyridine rings is 2. The molecule has 2 aromatic heterocycles. The van der Waals surface area contributed by atoms with E-state index in [9.17, 15) is 4.79 Å². The summed E-state index contributed by atoms with van der Waals surface area (Å²) >= 11 is 0. The number of amides is 1. The normalized spacial score (nSPS) is 17.7. The molecule has 132 valence electrons. The zero-order chi connectivity index (χ0) is 17.5. The van der Waals surface area contributed by atoms with Crippen LogP contribution >= 0.6 is 0 Å². The zero-order valence-corrected chi connectivity index (χ0v) is 14.5. The summed E-state index contributed by atoms with van der Waals surface area (Å²) < 4.78 is 5.81. The van der Waals surface area contributed by atoms with Crippen LogP contribution in [0.2, 0.25) is 0 Å². The highest BCUT2D eigenvalue weighted by Crippen LogP contribution is 2.21. The third kappa shape index (κ3) is 5.08. The lowest BCUT2D eigenvalue weighted by Gasteiger charge is -2.33. The highest BCUT2D eigenvalue weighted by molar-refractivity contribution is 5.76. The van der Waals surface area contributed by atoms with E-state index in [0.29, 0.717) is 26.1 Å². The lowest BCUT2D eigenvalue weighted by Crippen LogP contribution is -2.43. The van der Waals surface area contributed by atoms with Crippen LogP contribution in [-0.4, -0.2) is 59.0 Å². The summed E-state index contributed by atoms with van der Waals surface area (Å²) in [5, 5.41) is 0. The Morgan fingerprint density at radius 3 is 2.88 bits per heavy atom. The molecular formula is C19H24N4O2. The van der Waals surface area contributed by atoms with Gasteiger partial charge < -0.3 is 14.5 Å². The first-order chi connectivity index (χ1) is 12.2. The molecule has 1 amide bonds. The Morgan fingerprint density at radius 2 is 2.12 bits per heavy atom. The fourth-order valence-corrected chi connectivity index (χ4v) is 2.98. The first-order valence-corrected chi connectivity index (χ1v) is 8.59. The molecule has 0 bridgehead atoms. The number of aromatic nitrogens is 2. The predicted octanol–water partition coefficient (Wildman–Crippen LogP) is 1.90. The fraction of sp³-hybridized carbons (Fsp3) is 0.421. The standard InChI is InChI=1S/C19H24N4O2/c1-22(14-16-3-2-7-21-13-16)10-6-19(24)23-11-12-25-18(15-23)17-4-8-20-9-5-17/h2-5,7-9,13,18H,6,10-12,14-15H2,1H3/t18-/m1/s1. The largest absolute Gasteiger partial charge is 0.370 e. The Balaban J connectivity index is 1.47. The predicted molar refractivity (Wildman–Crippen MR) is 94.7 cm³/mol. The van der Waals surface area contributed by atoms with Gasteiger partial charge in [-0.25, -0.2) is 0 Å². The smallest absolute Gasteiger partial charge is 0.224 e. The molecule has 0 N–H and O–H groups in total. The second-order valence-corrected chi connectivity index (χ2v) is 6.33. The summed E-state index contributed by atoms with van der Waals surface area (Å²) in [6.07, 6.45) is 7.60. The van der Waals surface area contributed by atoms with Gasteiger partial charge in [0.05, 0.1) is 13.2 Å².